The van der Waals surface area contributed by atoms with E-state index in [1.807, 2.05) is 0 Å². The van der Waals surface area contributed by atoms with E-state index in [1.54, 1.807) is 39.8 Å². The number of carbonyl (C=O) groups excluding carboxylic acids is 1. The summed E-state index contributed by atoms with van der Waals surface area (Å²) in [5.41, 5.74) is 1.30. The number of ether oxygens (including phenoxy) is 2. The van der Waals surface area contributed by atoms with Crippen LogP contribution in [0.3, 0.4) is 0 Å². The van der Waals surface area contributed by atoms with Gasteiger partial charge >= 0.3 is 6.09 Å². The van der Waals surface area contributed by atoms with Crippen molar-refractivity contribution in [3.63, 3.8) is 0 Å². The van der Waals surface area contributed by atoms with Crippen LogP contribution in [0.1, 0.15) is 50.4 Å². The van der Waals surface area contributed by atoms with E-state index in [1.165, 1.54) is 13.2 Å². The van der Waals surface area contributed by atoms with Gasteiger partial charge in [0, 0.05) is 44.9 Å². The van der Waals surface area contributed by atoms with Gasteiger partial charge < -0.3 is 14.8 Å². The Hall–Kier alpha value is -3.16. The zero-order valence-electron chi connectivity index (χ0n) is 20.7. The van der Waals surface area contributed by atoms with Gasteiger partial charge in [0.15, 0.2) is 11.6 Å². The summed E-state index contributed by atoms with van der Waals surface area (Å²) in [4.78, 5) is 16.0. The number of rotatable bonds is 7. The Balaban J connectivity index is 1.93. The van der Waals surface area contributed by atoms with Gasteiger partial charge in [-0.3, -0.25) is 5.32 Å². The Morgan fingerprint density at radius 1 is 1.16 bits per heavy atom. The number of aliphatic imine (C=N–C) groups is 1. The molecule has 1 aliphatic rings. The molecule has 3 rings (SSSR count). The van der Waals surface area contributed by atoms with E-state index in [0.29, 0.717) is 0 Å². The van der Waals surface area contributed by atoms with Crippen LogP contribution in [0.15, 0.2) is 40.5 Å². The second-order valence-corrected chi connectivity index (χ2v) is 12.6. The minimum absolute atomic E-state index is 0.0124. The molecule has 0 saturated heterocycles. The third-order valence-corrected chi connectivity index (χ3v) is 7.81. The van der Waals surface area contributed by atoms with Gasteiger partial charge in [-0.2, -0.15) is 8.42 Å². The summed E-state index contributed by atoms with van der Waals surface area (Å²) >= 11 is 0. The van der Waals surface area contributed by atoms with Gasteiger partial charge in [-0.1, -0.05) is 26.8 Å². The number of methoxy groups -OCH3 is 1. The van der Waals surface area contributed by atoms with Crippen LogP contribution in [0, 0.1) is 17.5 Å². The van der Waals surface area contributed by atoms with E-state index >= 15 is 8.78 Å². The Bertz CT molecular complexity index is 1430. The minimum Gasteiger partial charge on any atom is -0.404 e. The fourth-order valence-corrected chi connectivity index (χ4v) is 5.29. The van der Waals surface area contributed by atoms with Gasteiger partial charge in [0.25, 0.3) is 0 Å². The number of amides is 1. The Morgan fingerprint density at radius 3 is 2.46 bits per heavy atom. The predicted molar refractivity (Wildman–Crippen MR) is 136 cm³/mol. The van der Waals surface area contributed by atoms with Gasteiger partial charge in [-0.05, 0) is 30.0 Å². The Labute approximate surface area is 215 Å². The van der Waals surface area contributed by atoms with E-state index in [2.05, 4.69) is 15.6 Å². The summed E-state index contributed by atoms with van der Waals surface area (Å²) in [6, 6.07) is 4.78. The zero-order valence-corrected chi connectivity index (χ0v) is 22.3. The SMILES string of the molecule is COCc1ccc(F)c(C(C)Nc2cc(F)c(OC(=O)NC3=CS(=S(=O)=O)C=N3)c(F)c2C(C)(C)C)c1. The number of hydrogen-bond donors (Lipinski definition) is 2. The van der Waals surface area contributed by atoms with Gasteiger partial charge in [0.2, 0.25) is 15.0 Å². The molecule has 0 fully saturated rings. The zero-order chi connectivity index (χ0) is 27.5. The maximum absolute atomic E-state index is 15.6. The summed E-state index contributed by atoms with van der Waals surface area (Å²) in [7, 11) is -2.27. The molecular formula is C24H26F3N3O5S2. The smallest absolute Gasteiger partial charge is 0.404 e. The van der Waals surface area contributed by atoms with Crippen LogP contribution in [-0.4, -0.2) is 27.2 Å². The molecule has 2 aromatic rings. The fraction of sp³-hybridized carbons (Fsp3) is 0.333. The molecule has 2 atom stereocenters. The minimum atomic E-state index is -2.46. The lowest BCUT2D eigenvalue weighted by molar-refractivity contribution is 0.184. The van der Waals surface area contributed by atoms with Crippen LogP contribution in [0.25, 0.3) is 0 Å². The summed E-state index contributed by atoms with van der Waals surface area (Å²) in [6.07, 6.45) is -1.26. The molecule has 1 amide bonds. The van der Waals surface area contributed by atoms with Crippen LogP contribution in [0.2, 0.25) is 0 Å². The fourth-order valence-electron chi connectivity index (χ4n) is 3.67. The number of halogens is 3. The molecule has 0 saturated carbocycles. The number of anilines is 1. The van der Waals surface area contributed by atoms with E-state index in [4.69, 9.17) is 9.47 Å². The lowest BCUT2D eigenvalue weighted by atomic mass is 9.84. The standard InChI is InChI=1S/C24H26F3N3O5S2/c1-13(15-8-14(10-34-5)6-7-16(15)25)29-18-9-17(26)22(21(27)20(18)24(2,3)4)35-23(31)30-19-11-36(12-28-19)37(32)33/h6-9,11-13,29H,10H2,1-5H3,(H,30,31). The average molecular weight is 558 g/mol. The first-order chi connectivity index (χ1) is 17.3. The van der Waals surface area contributed by atoms with Crippen molar-refractivity contribution < 1.29 is 35.9 Å². The van der Waals surface area contributed by atoms with Gasteiger partial charge in [-0.25, -0.2) is 23.0 Å². The number of carbonyl (C=O) groups is 1. The maximum Gasteiger partial charge on any atom is 0.418 e. The molecule has 0 aliphatic carbocycles. The van der Waals surface area contributed by atoms with E-state index in [0.717, 1.165) is 22.6 Å². The molecule has 2 aromatic carbocycles. The van der Waals surface area contributed by atoms with Crippen LogP contribution >= 0.6 is 0 Å². The highest BCUT2D eigenvalue weighted by Crippen LogP contribution is 2.40. The van der Waals surface area contributed by atoms with E-state index in [-0.39, 0.29) is 29.2 Å². The lowest BCUT2D eigenvalue weighted by Crippen LogP contribution is -2.27. The van der Waals surface area contributed by atoms with Crippen molar-refractivity contribution in [3.05, 3.63) is 69.6 Å². The van der Waals surface area contributed by atoms with Crippen molar-refractivity contribution in [1.29, 1.82) is 0 Å². The number of nitrogens with zero attached hydrogens (tertiary/aromatic N) is 1. The number of nitrogens with one attached hydrogen (secondary N) is 2. The molecule has 200 valence electrons. The van der Waals surface area contributed by atoms with E-state index in [9.17, 15) is 17.6 Å². The summed E-state index contributed by atoms with van der Waals surface area (Å²) in [5.74, 6) is -3.85. The highest BCUT2D eigenvalue weighted by atomic mass is 32.9. The molecule has 1 heterocycles. The molecule has 0 spiro atoms. The molecular weight excluding hydrogens is 531 g/mol. The number of hydrogen-bond acceptors (Lipinski definition) is 7. The normalized spacial score (nSPS) is 15.8. The second kappa shape index (κ2) is 11.5. The van der Waals surface area contributed by atoms with Crippen LogP contribution in [0.5, 0.6) is 5.75 Å². The van der Waals surface area contributed by atoms with Crippen molar-refractivity contribution in [2.45, 2.75) is 45.8 Å². The van der Waals surface area contributed by atoms with Gasteiger partial charge in [0.05, 0.1) is 18.2 Å². The second-order valence-electron chi connectivity index (χ2n) is 9.11. The van der Waals surface area contributed by atoms with E-state index < -0.39 is 59.5 Å². The van der Waals surface area contributed by atoms with Crippen molar-refractivity contribution in [3.8, 4) is 5.75 Å². The molecule has 2 unspecified atom stereocenters. The third kappa shape index (κ3) is 6.79. The first kappa shape index (κ1) is 28.4. The average Bonchev–Trinajstić information content (AvgIpc) is 3.25. The summed E-state index contributed by atoms with van der Waals surface area (Å²) in [6.45, 7) is 6.97. The van der Waals surface area contributed by atoms with Gasteiger partial charge in [-0.15, -0.1) is 0 Å². The van der Waals surface area contributed by atoms with Crippen LogP contribution < -0.4 is 15.4 Å². The van der Waals surface area contributed by atoms with Crippen molar-refractivity contribution in [2.75, 3.05) is 12.4 Å². The topological polar surface area (TPSA) is 106 Å². The van der Waals surface area contributed by atoms with Crippen molar-refractivity contribution in [1.82, 2.24) is 5.32 Å². The van der Waals surface area contributed by atoms with Crippen molar-refractivity contribution in [2.24, 2.45) is 4.99 Å². The van der Waals surface area contributed by atoms with Crippen LogP contribution in [-0.2, 0) is 35.5 Å². The predicted octanol–water partition coefficient (Wildman–Crippen LogP) is 5.06. The highest BCUT2D eigenvalue weighted by molar-refractivity contribution is 8.42. The maximum atomic E-state index is 15.6. The first-order valence-corrected chi connectivity index (χ1v) is 13.9. The third-order valence-electron chi connectivity index (χ3n) is 5.24. The molecule has 0 bridgehead atoms. The first-order valence-electron chi connectivity index (χ1n) is 10.9. The largest absolute Gasteiger partial charge is 0.418 e. The molecule has 37 heavy (non-hydrogen) atoms. The highest BCUT2D eigenvalue weighted by Gasteiger charge is 2.30. The van der Waals surface area contributed by atoms with Crippen LogP contribution in [0.4, 0.5) is 23.7 Å². The monoisotopic (exact) mass is 557 g/mol. The Morgan fingerprint density at radius 2 is 1.86 bits per heavy atom. The quantitative estimate of drug-likeness (QED) is 0.493. The lowest BCUT2D eigenvalue weighted by Gasteiger charge is -2.27. The summed E-state index contributed by atoms with van der Waals surface area (Å²) in [5, 5.41) is 6.29. The molecule has 2 N–H and O–H groups in total. The Kier molecular flexibility index (Phi) is 8.82. The molecule has 13 heteroatoms. The molecule has 0 radical (unpaired) electrons. The summed E-state index contributed by atoms with van der Waals surface area (Å²) < 4.78 is 77.2. The number of benzene rings is 2. The van der Waals surface area contributed by atoms with Gasteiger partial charge in [0.1, 0.15) is 11.6 Å². The molecule has 0 aromatic heterocycles. The molecule has 8 nitrogen and oxygen atoms in total. The molecule has 1 aliphatic heterocycles. The van der Waals surface area contributed by atoms with Crippen molar-refractivity contribution >= 4 is 36.0 Å².